The summed E-state index contributed by atoms with van der Waals surface area (Å²) in [5, 5.41) is 13.5. The van der Waals surface area contributed by atoms with Crippen LogP contribution in [0.4, 0.5) is 0 Å². The van der Waals surface area contributed by atoms with E-state index in [0.29, 0.717) is 5.76 Å². The Balaban J connectivity index is 1.53. The van der Waals surface area contributed by atoms with Gasteiger partial charge >= 0.3 is 0 Å². The Kier molecular flexibility index (Phi) is 6.55. The minimum Gasteiger partial charge on any atom is -0.490 e. The minimum atomic E-state index is -0.724. The van der Waals surface area contributed by atoms with E-state index in [9.17, 15) is 5.11 Å². The van der Waals surface area contributed by atoms with Crippen LogP contribution in [0.25, 0.3) is 0 Å². The molecule has 140 valence electrons. The van der Waals surface area contributed by atoms with Crippen molar-refractivity contribution in [2.24, 2.45) is 4.99 Å². The molecular weight excluding hydrogens is 330 g/mol. The van der Waals surface area contributed by atoms with E-state index in [1.165, 1.54) is 0 Å². The van der Waals surface area contributed by atoms with Gasteiger partial charge in [0.1, 0.15) is 23.7 Å². The van der Waals surface area contributed by atoms with Crippen molar-refractivity contribution >= 4 is 5.96 Å². The first-order valence-corrected chi connectivity index (χ1v) is 9.22. The van der Waals surface area contributed by atoms with Gasteiger partial charge in [-0.3, -0.25) is 0 Å². The zero-order valence-corrected chi connectivity index (χ0v) is 15.2. The van der Waals surface area contributed by atoms with Gasteiger partial charge in [0.25, 0.3) is 0 Å². The molecule has 0 radical (unpaired) electrons. The second-order valence-electron chi connectivity index (χ2n) is 6.34. The first-order chi connectivity index (χ1) is 12.8. The predicted molar refractivity (Wildman–Crippen MR) is 101 cm³/mol. The van der Waals surface area contributed by atoms with Gasteiger partial charge in [-0.05, 0) is 31.2 Å². The van der Waals surface area contributed by atoms with Crippen molar-refractivity contribution in [1.82, 2.24) is 10.2 Å². The van der Waals surface area contributed by atoms with Crippen molar-refractivity contribution < 1.29 is 14.3 Å². The number of guanidine groups is 1. The number of aliphatic hydroxyl groups is 1. The van der Waals surface area contributed by atoms with Crippen LogP contribution < -0.4 is 10.1 Å². The molecule has 0 spiro atoms. The lowest BCUT2D eigenvalue weighted by Gasteiger charge is -2.34. The average molecular weight is 357 g/mol. The third kappa shape index (κ3) is 5.02. The number of rotatable bonds is 6. The maximum atomic E-state index is 10.2. The van der Waals surface area contributed by atoms with Gasteiger partial charge in [-0.2, -0.15) is 0 Å². The number of furan rings is 1. The molecule has 1 atom stereocenters. The van der Waals surface area contributed by atoms with Crippen molar-refractivity contribution in [1.29, 1.82) is 0 Å². The number of piperidine rings is 1. The zero-order valence-electron chi connectivity index (χ0n) is 15.2. The summed E-state index contributed by atoms with van der Waals surface area (Å²) in [6.45, 7) is 4.86. The zero-order chi connectivity index (χ0) is 18.2. The van der Waals surface area contributed by atoms with E-state index in [1.54, 1.807) is 18.4 Å². The first kappa shape index (κ1) is 18.3. The molecule has 0 saturated carbocycles. The number of aliphatic imine (C=N–C) groups is 1. The van der Waals surface area contributed by atoms with Crippen LogP contribution in [-0.2, 0) is 0 Å². The monoisotopic (exact) mass is 357 g/mol. The van der Waals surface area contributed by atoms with Gasteiger partial charge in [0.15, 0.2) is 5.96 Å². The summed E-state index contributed by atoms with van der Waals surface area (Å²) in [5.41, 5.74) is 0. The number of hydrogen-bond acceptors (Lipinski definition) is 4. The third-order valence-corrected chi connectivity index (χ3v) is 4.41. The smallest absolute Gasteiger partial charge is 0.194 e. The molecule has 1 aliphatic rings. The fourth-order valence-electron chi connectivity index (χ4n) is 3.05. The quantitative estimate of drug-likeness (QED) is 0.614. The van der Waals surface area contributed by atoms with E-state index in [2.05, 4.69) is 15.2 Å². The first-order valence-electron chi connectivity index (χ1n) is 9.22. The second kappa shape index (κ2) is 9.29. The van der Waals surface area contributed by atoms with Gasteiger partial charge in [-0.1, -0.05) is 18.2 Å². The molecule has 3 rings (SSSR count). The van der Waals surface area contributed by atoms with Crippen LogP contribution >= 0.6 is 0 Å². The molecule has 2 heterocycles. The van der Waals surface area contributed by atoms with Crippen molar-refractivity contribution in [3.63, 3.8) is 0 Å². The van der Waals surface area contributed by atoms with Crippen molar-refractivity contribution in [2.45, 2.75) is 32.0 Å². The maximum Gasteiger partial charge on any atom is 0.194 e. The number of benzene rings is 1. The number of ether oxygens (including phenoxy) is 1. The van der Waals surface area contributed by atoms with Crippen LogP contribution in [0.5, 0.6) is 5.75 Å². The number of aliphatic hydroxyl groups excluding tert-OH is 1. The molecule has 1 aromatic carbocycles. The Morgan fingerprint density at radius 3 is 2.69 bits per heavy atom. The van der Waals surface area contributed by atoms with E-state index < -0.39 is 6.10 Å². The molecule has 6 heteroatoms. The molecular formula is C20H27N3O3. The molecule has 26 heavy (non-hydrogen) atoms. The van der Waals surface area contributed by atoms with Crippen LogP contribution in [0, 0.1) is 0 Å². The SMILES string of the molecule is CCNC(=NCC(O)c1ccco1)N1CCC(Oc2ccccc2)CC1. The third-order valence-electron chi connectivity index (χ3n) is 4.41. The van der Waals surface area contributed by atoms with Crippen LogP contribution in [0.1, 0.15) is 31.6 Å². The van der Waals surface area contributed by atoms with E-state index in [1.807, 2.05) is 37.3 Å². The second-order valence-corrected chi connectivity index (χ2v) is 6.34. The lowest BCUT2D eigenvalue weighted by molar-refractivity contribution is 0.128. The molecule has 1 aliphatic heterocycles. The summed E-state index contributed by atoms with van der Waals surface area (Å²) in [5.74, 6) is 2.30. The average Bonchev–Trinajstić information content (AvgIpc) is 3.21. The topological polar surface area (TPSA) is 70.2 Å². The molecule has 1 fully saturated rings. The number of hydrogen-bond donors (Lipinski definition) is 2. The minimum absolute atomic E-state index is 0.227. The Hall–Kier alpha value is -2.47. The van der Waals surface area contributed by atoms with Crippen LogP contribution in [0.3, 0.4) is 0 Å². The van der Waals surface area contributed by atoms with Gasteiger partial charge in [0.2, 0.25) is 0 Å². The maximum absolute atomic E-state index is 10.2. The standard InChI is InChI=1S/C20H27N3O3/c1-2-21-20(22-15-18(24)19-9-6-14-25-19)23-12-10-17(11-13-23)26-16-7-4-3-5-8-16/h3-9,14,17-18,24H,2,10-13,15H2,1H3,(H,21,22). The fraction of sp³-hybridized carbons (Fsp3) is 0.450. The molecule has 6 nitrogen and oxygen atoms in total. The van der Waals surface area contributed by atoms with Crippen LogP contribution in [0.2, 0.25) is 0 Å². The molecule has 0 amide bonds. The molecule has 1 saturated heterocycles. The number of likely N-dealkylation sites (tertiary alicyclic amines) is 1. The number of para-hydroxylation sites is 1. The van der Waals surface area contributed by atoms with Gasteiger partial charge in [-0.25, -0.2) is 4.99 Å². The van der Waals surface area contributed by atoms with E-state index in [-0.39, 0.29) is 12.6 Å². The molecule has 0 bridgehead atoms. The largest absolute Gasteiger partial charge is 0.490 e. The highest BCUT2D eigenvalue weighted by molar-refractivity contribution is 5.80. The van der Waals surface area contributed by atoms with Crippen molar-refractivity contribution in [3.8, 4) is 5.75 Å². The van der Waals surface area contributed by atoms with E-state index in [4.69, 9.17) is 9.15 Å². The molecule has 2 aromatic rings. The molecule has 1 unspecified atom stereocenters. The van der Waals surface area contributed by atoms with Crippen molar-refractivity contribution in [2.75, 3.05) is 26.2 Å². The number of nitrogens with one attached hydrogen (secondary N) is 1. The summed E-state index contributed by atoms with van der Waals surface area (Å²) in [6.07, 6.45) is 2.95. The lowest BCUT2D eigenvalue weighted by atomic mass is 10.1. The van der Waals surface area contributed by atoms with E-state index >= 15 is 0 Å². The lowest BCUT2D eigenvalue weighted by Crippen LogP contribution is -2.47. The Morgan fingerprint density at radius 2 is 2.04 bits per heavy atom. The number of nitrogens with zero attached hydrogens (tertiary/aromatic N) is 2. The molecule has 2 N–H and O–H groups in total. The molecule has 0 aliphatic carbocycles. The van der Waals surface area contributed by atoms with Gasteiger partial charge < -0.3 is 24.5 Å². The summed E-state index contributed by atoms with van der Waals surface area (Å²) in [4.78, 5) is 6.81. The predicted octanol–water partition coefficient (Wildman–Crippen LogP) is 2.82. The summed E-state index contributed by atoms with van der Waals surface area (Å²) >= 11 is 0. The van der Waals surface area contributed by atoms with Crippen LogP contribution in [-0.4, -0.2) is 48.2 Å². The fourth-order valence-corrected chi connectivity index (χ4v) is 3.05. The highest BCUT2D eigenvalue weighted by Gasteiger charge is 2.23. The van der Waals surface area contributed by atoms with Crippen LogP contribution in [0.15, 0.2) is 58.1 Å². The molecule has 1 aromatic heterocycles. The summed E-state index contributed by atoms with van der Waals surface area (Å²) < 4.78 is 11.3. The Labute approximate surface area is 154 Å². The van der Waals surface area contributed by atoms with Gasteiger partial charge in [0.05, 0.1) is 12.8 Å². The van der Waals surface area contributed by atoms with Gasteiger partial charge in [0, 0.05) is 32.5 Å². The Bertz CT molecular complexity index is 665. The summed E-state index contributed by atoms with van der Waals surface area (Å²) in [7, 11) is 0. The summed E-state index contributed by atoms with van der Waals surface area (Å²) in [6, 6.07) is 13.5. The Morgan fingerprint density at radius 1 is 1.27 bits per heavy atom. The van der Waals surface area contributed by atoms with Crippen molar-refractivity contribution in [3.05, 3.63) is 54.5 Å². The highest BCUT2D eigenvalue weighted by atomic mass is 16.5. The highest BCUT2D eigenvalue weighted by Crippen LogP contribution is 2.19. The normalized spacial score (nSPS) is 17.2. The van der Waals surface area contributed by atoms with E-state index in [0.717, 1.165) is 44.2 Å². The van der Waals surface area contributed by atoms with Gasteiger partial charge in [-0.15, -0.1) is 0 Å².